The average Bonchev–Trinajstić information content (AvgIpc) is 2.90. The van der Waals surface area contributed by atoms with Gasteiger partial charge >= 0.3 is 0 Å². The summed E-state index contributed by atoms with van der Waals surface area (Å²) in [5, 5.41) is 20.0. The molecule has 9 heteroatoms. The third-order valence-corrected chi connectivity index (χ3v) is 3.56. The van der Waals surface area contributed by atoms with Gasteiger partial charge in [0.05, 0.1) is 27.5 Å². The zero-order chi connectivity index (χ0) is 14.5. The first kappa shape index (κ1) is 14.4. The molecule has 0 aliphatic heterocycles. The van der Waals surface area contributed by atoms with Crippen LogP contribution in [0.5, 0.6) is 0 Å². The summed E-state index contributed by atoms with van der Waals surface area (Å²) in [4.78, 5) is 22.4. The highest BCUT2D eigenvalue weighted by Crippen LogP contribution is 2.31. The first-order chi connectivity index (χ1) is 9.56. The summed E-state index contributed by atoms with van der Waals surface area (Å²) in [6.45, 7) is 0. The van der Waals surface area contributed by atoms with E-state index in [9.17, 15) is 14.9 Å². The van der Waals surface area contributed by atoms with Crippen molar-refractivity contribution in [2.45, 2.75) is 4.90 Å². The smallest absolute Gasteiger partial charge is 0.284 e. The van der Waals surface area contributed by atoms with Gasteiger partial charge in [0.2, 0.25) is 5.91 Å². The number of nitrogens with one attached hydrogen (secondary N) is 2. The van der Waals surface area contributed by atoms with Crippen molar-refractivity contribution in [1.82, 2.24) is 10.2 Å². The van der Waals surface area contributed by atoms with Gasteiger partial charge in [-0.25, -0.2) is 0 Å². The van der Waals surface area contributed by atoms with Crippen LogP contribution in [0.2, 0.25) is 5.02 Å². The summed E-state index contributed by atoms with van der Waals surface area (Å²) in [6.07, 6.45) is 3.00. The summed E-state index contributed by atoms with van der Waals surface area (Å²) < 4.78 is 0. The number of thioether (sulfide) groups is 1. The predicted molar refractivity (Wildman–Crippen MR) is 76.0 cm³/mol. The zero-order valence-corrected chi connectivity index (χ0v) is 11.6. The molecule has 0 spiro atoms. The number of amides is 1. The maximum atomic E-state index is 11.7. The molecule has 0 aliphatic carbocycles. The second kappa shape index (κ2) is 6.40. The van der Waals surface area contributed by atoms with Crippen LogP contribution in [0, 0.1) is 10.1 Å². The lowest BCUT2D eigenvalue weighted by molar-refractivity contribution is -0.387. The summed E-state index contributed by atoms with van der Waals surface area (Å²) in [7, 11) is 0. The first-order valence-electron chi connectivity index (χ1n) is 5.41. The number of halogens is 1. The Hall–Kier alpha value is -2.06. The van der Waals surface area contributed by atoms with Gasteiger partial charge in [-0.1, -0.05) is 11.6 Å². The normalized spacial score (nSPS) is 10.2. The zero-order valence-electron chi connectivity index (χ0n) is 10.00. The van der Waals surface area contributed by atoms with Gasteiger partial charge in [0.15, 0.2) is 0 Å². The Bertz CT molecular complexity index is 633. The van der Waals surface area contributed by atoms with E-state index in [2.05, 4.69) is 15.5 Å². The largest absolute Gasteiger partial charge is 0.323 e. The Kier molecular flexibility index (Phi) is 4.59. The van der Waals surface area contributed by atoms with Gasteiger partial charge in [0, 0.05) is 17.3 Å². The first-order valence-corrected chi connectivity index (χ1v) is 6.78. The number of hydrogen-bond acceptors (Lipinski definition) is 5. The molecule has 0 saturated carbocycles. The van der Waals surface area contributed by atoms with Crippen molar-refractivity contribution in [1.29, 1.82) is 0 Å². The van der Waals surface area contributed by atoms with E-state index in [4.69, 9.17) is 11.6 Å². The lowest BCUT2D eigenvalue weighted by atomic mass is 10.3. The van der Waals surface area contributed by atoms with Gasteiger partial charge in [-0.15, -0.1) is 11.8 Å². The standard InChI is InChI=1S/C11H9ClN4O3S/c12-7-1-2-10(9(3-7)16(18)19)20-6-11(17)15-8-4-13-14-5-8/h1-5H,6H2,(H,13,14)(H,15,17). The number of nitro groups is 1. The van der Waals surface area contributed by atoms with Crippen LogP contribution in [0.25, 0.3) is 0 Å². The monoisotopic (exact) mass is 312 g/mol. The molecule has 2 aromatic rings. The number of aromatic amines is 1. The maximum absolute atomic E-state index is 11.7. The molecule has 2 rings (SSSR count). The molecule has 0 saturated heterocycles. The van der Waals surface area contributed by atoms with E-state index in [1.807, 2.05) is 0 Å². The number of carbonyl (C=O) groups excluding carboxylic acids is 1. The SMILES string of the molecule is O=C(CSc1ccc(Cl)cc1[N+](=O)[O-])Nc1cn[nH]c1. The molecule has 104 valence electrons. The Morgan fingerprint density at radius 1 is 1.55 bits per heavy atom. The van der Waals surface area contributed by atoms with Gasteiger partial charge in [-0.3, -0.25) is 20.0 Å². The Labute approximate surface area is 122 Å². The Morgan fingerprint density at radius 2 is 2.35 bits per heavy atom. The van der Waals surface area contributed by atoms with Gasteiger partial charge in [-0.05, 0) is 12.1 Å². The van der Waals surface area contributed by atoms with E-state index >= 15 is 0 Å². The summed E-state index contributed by atoms with van der Waals surface area (Å²) in [5.41, 5.74) is 0.430. The van der Waals surface area contributed by atoms with Crippen LogP contribution in [-0.4, -0.2) is 26.8 Å². The number of hydrogen-bond donors (Lipinski definition) is 2. The predicted octanol–water partition coefficient (Wildman–Crippen LogP) is 2.70. The molecule has 0 aliphatic rings. The molecule has 0 fully saturated rings. The number of rotatable bonds is 5. The number of aromatic nitrogens is 2. The van der Waals surface area contributed by atoms with Gasteiger partial charge in [0.25, 0.3) is 5.69 Å². The van der Waals surface area contributed by atoms with E-state index in [-0.39, 0.29) is 22.4 Å². The fraction of sp³-hybridized carbons (Fsp3) is 0.0909. The minimum atomic E-state index is -0.526. The number of benzene rings is 1. The Balaban J connectivity index is 2.00. The van der Waals surface area contributed by atoms with Crippen molar-refractivity contribution in [3.8, 4) is 0 Å². The van der Waals surface area contributed by atoms with Gasteiger partial charge in [-0.2, -0.15) is 5.10 Å². The molecule has 1 heterocycles. The number of H-pyrrole nitrogens is 1. The number of nitro benzene ring substituents is 1. The van der Waals surface area contributed by atoms with Crippen molar-refractivity contribution in [3.05, 3.63) is 45.7 Å². The molecule has 0 atom stereocenters. The van der Waals surface area contributed by atoms with Crippen LogP contribution in [0.3, 0.4) is 0 Å². The maximum Gasteiger partial charge on any atom is 0.284 e. The molecule has 2 N–H and O–H groups in total. The van der Waals surface area contributed by atoms with Crippen molar-refractivity contribution in [2.75, 3.05) is 11.1 Å². The highest BCUT2D eigenvalue weighted by Gasteiger charge is 2.16. The molecule has 0 bridgehead atoms. The van der Waals surface area contributed by atoms with Crippen LogP contribution >= 0.6 is 23.4 Å². The number of carbonyl (C=O) groups is 1. The van der Waals surface area contributed by atoms with E-state index in [1.165, 1.54) is 24.5 Å². The van der Waals surface area contributed by atoms with Crippen molar-refractivity contribution >= 4 is 40.6 Å². The Morgan fingerprint density at radius 3 is 3.00 bits per heavy atom. The average molecular weight is 313 g/mol. The number of anilines is 1. The highest BCUT2D eigenvalue weighted by molar-refractivity contribution is 8.00. The summed E-state index contributed by atoms with van der Waals surface area (Å²) >= 11 is 6.79. The summed E-state index contributed by atoms with van der Waals surface area (Å²) in [5.74, 6) is -0.228. The topological polar surface area (TPSA) is 101 Å². The molecule has 1 amide bonds. The van der Waals surface area contributed by atoms with Crippen molar-refractivity contribution in [3.63, 3.8) is 0 Å². The second-order valence-corrected chi connectivity index (χ2v) is 5.15. The third-order valence-electron chi connectivity index (χ3n) is 2.26. The van der Waals surface area contributed by atoms with Crippen LogP contribution in [-0.2, 0) is 4.79 Å². The van der Waals surface area contributed by atoms with Gasteiger partial charge < -0.3 is 5.32 Å². The van der Waals surface area contributed by atoms with Crippen LogP contribution in [0.4, 0.5) is 11.4 Å². The highest BCUT2D eigenvalue weighted by atomic mass is 35.5. The molecule has 1 aromatic heterocycles. The second-order valence-electron chi connectivity index (χ2n) is 3.69. The molecular formula is C11H9ClN4O3S. The molecular weight excluding hydrogens is 304 g/mol. The van der Waals surface area contributed by atoms with Crippen LogP contribution in [0.1, 0.15) is 0 Å². The van der Waals surface area contributed by atoms with E-state index in [1.54, 1.807) is 6.07 Å². The third kappa shape index (κ3) is 3.72. The minimum Gasteiger partial charge on any atom is -0.323 e. The molecule has 1 aromatic carbocycles. The van der Waals surface area contributed by atoms with Gasteiger partial charge in [0.1, 0.15) is 0 Å². The molecule has 0 radical (unpaired) electrons. The fourth-order valence-electron chi connectivity index (χ4n) is 1.41. The lowest BCUT2D eigenvalue weighted by Crippen LogP contribution is -2.13. The molecule has 0 unspecified atom stereocenters. The van der Waals surface area contributed by atoms with E-state index < -0.39 is 4.92 Å². The minimum absolute atomic E-state index is 0.0493. The summed E-state index contributed by atoms with van der Waals surface area (Å²) in [6, 6.07) is 4.33. The van der Waals surface area contributed by atoms with E-state index in [0.29, 0.717) is 10.6 Å². The molecule has 7 nitrogen and oxygen atoms in total. The van der Waals surface area contributed by atoms with Crippen LogP contribution < -0.4 is 5.32 Å². The van der Waals surface area contributed by atoms with Crippen molar-refractivity contribution in [2.24, 2.45) is 0 Å². The van der Waals surface area contributed by atoms with Crippen molar-refractivity contribution < 1.29 is 9.72 Å². The van der Waals surface area contributed by atoms with E-state index in [0.717, 1.165) is 11.8 Å². The number of nitrogens with zero attached hydrogens (tertiary/aromatic N) is 2. The fourth-order valence-corrected chi connectivity index (χ4v) is 2.39. The lowest BCUT2D eigenvalue weighted by Gasteiger charge is -2.04. The molecule has 20 heavy (non-hydrogen) atoms. The van der Waals surface area contributed by atoms with Crippen LogP contribution in [0.15, 0.2) is 35.5 Å². The quantitative estimate of drug-likeness (QED) is 0.502.